The van der Waals surface area contributed by atoms with Gasteiger partial charge >= 0.3 is 0 Å². The van der Waals surface area contributed by atoms with E-state index in [-0.39, 0.29) is 35.1 Å². The van der Waals surface area contributed by atoms with E-state index < -0.39 is 22.7 Å². The number of H-pyrrole nitrogens is 2. The maximum atomic E-state index is 14.2. The van der Waals surface area contributed by atoms with Gasteiger partial charge in [-0.25, -0.2) is 28.7 Å². The van der Waals surface area contributed by atoms with Gasteiger partial charge in [-0.15, -0.1) is 0 Å². The Morgan fingerprint density at radius 1 is 0.644 bits per heavy atom. The van der Waals surface area contributed by atoms with Crippen LogP contribution in [0.2, 0.25) is 0 Å². The molecule has 4 aromatic heterocycles. The van der Waals surface area contributed by atoms with Gasteiger partial charge in [-0.05, 0) is 152 Å². The van der Waals surface area contributed by atoms with Gasteiger partial charge in [-0.3, -0.25) is 9.59 Å². The number of rotatable bonds is 11. The zero-order chi connectivity index (χ0) is 51.6. The molecular weight excluding hydrogens is 923 g/mol. The van der Waals surface area contributed by atoms with Crippen LogP contribution in [-0.2, 0) is 0 Å². The van der Waals surface area contributed by atoms with Crippen molar-refractivity contribution in [3.05, 3.63) is 143 Å². The Morgan fingerprint density at radius 3 is 1.56 bits per heavy atom. The number of hydrogen-bond donors (Lipinski definition) is 8. The lowest BCUT2D eigenvalue weighted by molar-refractivity contribution is 0.0869. The Kier molecular flexibility index (Phi) is 14.2. The molecule has 0 spiro atoms. The fourth-order valence-electron chi connectivity index (χ4n) is 10.6. The van der Waals surface area contributed by atoms with Gasteiger partial charge in [0.05, 0.1) is 22.8 Å². The highest BCUT2D eigenvalue weighted by Crippen LogP contribution is 2.36. The fraction of sp³-hybridized carbons (Fsp3) is 0.333. The number of carbonyl (C=O) groups is 2. The predicted octanol–water partition coefficient (Wildman–Crippen LogP) is 11.5. The Bertz CT molecular complexity index is 3350. The summed E-state index contributed by atoms with van der Waals surface area (Å²) in [6, 6.07) is 21.3. The molecule has 2 aliphatic rings. The van der Waals surface area contributed by atoms with Gasteiger partial charge in [0.2, 0.25) is 11.9 Å². The molecule has 4 aromatic carbocycles. The average Bonchev–Trinajstić information content (AvgIpc) is 4.00. The van der Waals surface area contributed by atoms with E-state index in [1.165, 1.54) is 29.3 Å². The van der Waals surface area contributed by atoms with Gasteiger partial charge in [0.1, 0.15) is 11.6 Å². The number of nitrogens with two attached hydrogens (primary N) is 1. The summed E-state index contributed by atoms with van der Waals surface area (Å²) in [5.41, 5.74) is 16.2. The normalized spacial score (nSPS) is 19.7. The van der Waals surface area contributed by atoms with E-state index in [2.05, 4.69) is 96.8 Å². The summed E-state index contributed by atoms with van der Waals surface area (Å²) >= 11 is 0. The van der Waals surface area contributed by atoms with Crippen molar-refractivity contribution in [2.24, 2.45) is 0 Å². The number of aromatic nitrogens is 6. The monoisotopic (exact) mass is 987 g/mol. The largest absolute Gasteiger partial charge is 0.396 e. The zero-order valence-electron chi connectivity index (χ0n) is 42.5. The summed E-state index contributed by atoms with van der Waals surface area (Å²) in [6.45, 7) is 12.3. The van der Waals surface area contributed by atoms with E-state index in [9.17, 15) is 18.4 Å². The summed E-state index contributed by atoms with van der Waals surface area (Å²) in [5.74, 6) is -0.463. The van der Waals surface area contributed by atoms with Gasteiger partial charge in [-0.2, -0.15) is 0 Å². The third-order valence-corrected chi connectivity index (χ3v) is 14.5. The van der Waals surface area contributed by atoms with Crippen molar-refractivity contribution < 1.29 is 18.4 Å². The molecular formula is C57H64F2N12O2. The number of benzene rings is 4. The number of amides is 2. The Morgan fingerprint density at radius 2 is 1.11 bits per heavy atom. The van der Waals surface area contributed by atoms with Crippen molar-refractivity contribution >= 4 is 56.9 Å². The summed E-state index contributed by atoms with van der Waals surface area (Å²) in [6.07, 6.45) is 14.6. The van der Waals surface area contributed by atoms with Gasteiger partial charge in [0.25, 0.3) is 11.8 Å². The molecule has 8 aromatic rings. The second-order valence-corrected chi connectivity index (χ2v) is 20.4. The number of nitrogens with one attached hydrogen (secondary N) is 7. The molecule has 0 unspecified atom stereocenters. The summed E-state index contributed by atoms with van der Waals surface area (Å²) in [4.78, 5) is 51.4. The highest BCUT2D eigenvalue weighted by molar-refractivity contribution is 5.98. The molecule has 0 aliphatic heterocycles. The molecule has 14 nitrogen and oxygen atoms in total. The molecule has 0 bridgehead atoms. The topological polar surface area (TPSA) is 203 Å². The van der Waals surface area contributed by atoms with Crippen LogP contribution in [0.3, 0.4) is 0 Å². The number of aryl methyl sites for hydroxylation is 4. The van der Waals surface area contributed by atoms with Crippen molar-refractivity contribution in [1.29, 1.82) is 0 Å². The average molecular weight is 987 g/mol. The van der Waals surface area contributed by atoms with Crippen LogP contribution in [0.15, 0.2) is 97.6 Å². The van der Waals surface area contributed by atoms with Gasteiger partial charge in [-0.1, -0.05) is 36.4 Å². The van der Waals surface area contributed by atoms with Crippen molar-refractivity contribution in [3.8, 4) is 22.5 Å². The van der Waals surface area contributed by atoms with Crippen LogP contribution < -0.4 is 32.3 Å². The molecule has 10 rings (SSSR count). The van der Waals surface area contributed by atoms with Crippen molar-refractivity contribution in [1.82, 2.24) is 40.5 Å². The minimum absolute atomic E-state index is 0.0277. The molecule has 2 saturated carbocycles. The number of carbonyl (C=O) groups excluding carboxylic acids is 2. The molecule has 4 heterocycles. The molecule has 0 radical (unpaired) electrons. The quantitative estimate of drug-likeness (QED) is 0.0576. The number of aromatic amines is 2. The summed E-state index contributed by atoms with van der Waals surface area (Å²) in [5, 5.41) is 18.3. The minimum atomic E-state index is -0.589. The maximum absolute atomic E-state index is 14.2. The highest BCUT2D eigenvalue weighted by Gasteiger charge is 2.36. The first-order chi connectivity index (χ1) is 35.0. The van der Waals surface area contributed by atoms with Crippen LogP contribution in [0, 0.1) is 39.3 Å². The third-order valence-electron chi connectivity index (χ3n) is 14.5. The van der Waals surface area contributed by atoms with Crippen LogP contribution in [0.5, 0.6) is 0 Å². The lowest BCUT2D eigenvalue weighted by atomic mass is 9.80. The molecule has 2 fully saturated rings. The molecule has 2 aliphatic carbocycles. The number of hydrogen-bond acceptors (Lipinski definition) is 10. The molecule has 4 atom stereocenters. The van der Waals surface area contributed by atoms with E-state index in [1.807, 2.05) is 52.5 Å². The summed E-state index contributed by atoms with van der Waals surface area (Å²) in [7, 11) is 1.65. The Labute approximate surface area is 424 Å². The van der Waals surface area contributed by atoms with Crippen molar-refractivity contribution in [3.63, 3.8) is 0 Å². The number of fused-ring (bicyclic) bond motifs is 2. The van der Waals surface area contributed by atoms with Crippen LogP contribution in [0.1, 0.15) is 108 Å². The van der Waals surface area contributed by atoms with Crippen LogP contribution in [0.25, 0.3) is 44.3 Å². The van der Waals surface area contributed by atoms with Gasteiger partial charge in [0.15, 0.2) is 0 Å². The fourth-order valence-corrected chi connectivity index (χ4v) is 10.6. The maximum Gasteiger partial charge on any atom is 0.251 e. The standard InChI is InChI=1S/C29H33FN6O.C28H31FN6O/c1-17-7-5-9-21-22(16-32-25(17)21)26-18(2)15-33-28(35-26)34-20-8-6-12-29(3,14-20)36-27(37)19-10-11-24(31-4)23(30)13-19;1-16-6-4-8-20-21(15-31-24(16)20)25-17(2)14-32-27(34-25)33-19-7-5-11-28(3,13-19)35-26(36)18-9-10-23(30)22(29)12-18/h5,7,9-11,13,15-16,20,31-32H,6,8,12,14H2,1-4H3,(H,36,37)(H,33,34,35);4,6,8-10,12,14-15,19,31H,5,7,11,13,30H2,1-3H3,(H,35,36)(H,32,33,34)/t20-,29+;19-,28+/m11/s1. The van der Waals surface area contributed by atoms with Gasteiger partial charge < -0.3 is 42.3 Å². The third kappa shape index (κ3) is 11.0. The summed E-state index contributed by atoms with van der Waals surface area (Å²) < 4.78 is 28.0. The smallest absolute Gasteiger partial charge is 0.251 e. The van der Waals surface area contributed by atoms with Gasteiger partial charge in [0, 0.05) is 99.1 Å². The number of anilines is 4. The Hall–Kier alpha value is -7.88. The van der Waals surface area contributed by atoms with Crippen LogP contribution in [0.4, 0.5) is 32.1 Å². The molecule has 378 valence electrons. The predicted molar refractivity (Wildman–Crippen MR) is 288 cm³/mol. The molecule has 0 saturated heterocycles. The van der Waals surface area contributed by atoms with E-state index in [0.717, 1.165) is 94.0 Å². The van der Waals surface area contributed by atoms with E-state index >= 15 is 0 Å². The lowest BCUT2D eigenvalue weighted by Crippen LogP contribution is -2.51. The van der Waals surface area contributed by atoms with Crippen LogP contribution in [-0.4, -0.2) is 71.9 Å². The molecule has 2 amide bonds. The zero-order valence-corrected chi connectivity index (χ0v) is 42.5. The molecule has 9 N–H and O–H groups in total. The second-order valence-electron chi connectivity index (χ2n) is 20.4. The first-order valence-corrected chi connectivity index (χ1v) is 25.0. The first-order valence-electron chi connectivity index (χ1n) is 25.0. The lowest BCUT2D eigenvalue weighted by Gasteiger charge is -2.39. The number of halogens is 2. The first kappa shape index (κ1) is 50.1. The van der Waals surface area contributed by atoms with Crippen LogP contribution >= 0.6 is 0 Å². The number of nitrogens with zero attached hydrogens (tertiary/aromatic N) is 4. The van der Waals surface area contributed by atoms with E-state index in [1.54, 1.807) is 25.2 Å². The van der Waals surface area contributed by atoms with E-state index in [0.29, 0.717) is 36.0 Å². The second kappa shape index (κ2) is 20.7. The Balaban J connectivity index is 0.000000180. The molecule has 16 heteroatoms. The number of nitrogen functional groups attached to an aromatic ring is 1. The number of para-hydroxylation sites is 2. The van der Waals surface area contributed by atoms with Crippen molar-refractivity contribution in [2.45, 2.75) is 116 Å². The SMILES string of the molecule is CNc1ccc(C(=O)N[C@@]2(C)CCC[C@@H](Nc3ncc(C)c(-c4c[nH]c5c(C)cccc45)n3)C2)cc1F.Cc1cnc(N[C@@H]2CCC[C@](C)(NC(=O)c3ccc(N)c(F)c3)C2)nc1-c1c[nH]c2c(C)cccc12. The van der Waals surface area contributed by atoms with E-state index in [4.69, 9.17) is 15.7 Å². The molecule has 73 heavy (non-hydrogen) atoms. The van der Waals surface area contributed by atoms with Crippen molar-refractivity contribution in [2.75, 3.05) is 28.7 Å². The highest BCUT2D eigenvalue weighted by atomic mass is 19.1. The minimum Gasteiger partial charge on any atom is -0.396 e.